The molecule has 4 aromatic rings. The quantitative estimate of drug-likeness (QED) is 0.357. The van der Waals surface area contributed by atoms with Gasteiger partial charge >= 0.3 is 0 Å². The van der Waals surface area contributed by atoms with Crippen molar-refractivity contribution < 1.29 is 9.21 Å². The molecular formula is C22H21N5O2S. The van der Waals surface area contributed by atoms with Crippen molar-refractivity contribution in [3.8, 4) is 0 Å². The molecule has 152 valence electrons. The number of furan rings is 1. The molecule has 1 aromatic carbocycles. The lowest BCUT2D eigenvalue weighted by atomic mass is 10.0. The Balaban J connectivity index is 1.37. The Morgan fingerprint density at radius 3 is 2.67 bits per heavy atom. The summed E-state index contributed by atoms with van der Waals surface area (Å²) in [5.41, 5.74) is 1.64. The third kappa shape index (κ3) is 3.70. The number of benzene rings is 1. The van der Waals surface area contributed by atoms with Gasteiger partial charge in [-0.05, 0) is 25.0 Å². The van der Waals surface area contributed by atoms with Crippen molar-refractivity contribution in [1.82, 2.24) is 24.4 Å². The molecule has 30 heavy (non-hydrogen) atoms. The Kier molecular flexibility index (Phi) is 5.23. The first-order valence-electron chi connectivity index (χ1n) is 9.96. The number of hydrogen-bond acceptors (Lipinski definition) is 6. The van der Waals surface area contributed by atoms with E-state index in [1.54, 1.807) is 24.7 Å². The summed E-state index contributed by atoms with van der Waals surface area (Å²) < 4.78 is 8.17. The molecule has 7 nitrogen and oxygen atoms in total. The van der Waals surface area contributed by atoms with Crippen molar-refractivity contribution in [3.05, 3.63) is 72.8 Å². The predicted octanol–water partition coefficient (Wildman–Crippen LogP) is 4.19. The predicted molar refractivity (Wildman–Crippen MR) is 114 cm³/mol. The van der Waals surface area contributed by atoms with Gasteiger partial charge in [0.25, 0.3) is 5.91 Å². The number of rotatable bonds is 5. The molecule has 0 aliphatic carbocycles. The van der Waals surface area contributed by atoms with Gasteiger partial charge in [-0.1, -0.05) is 30.0 Å². The van der Waals surface area contributed by atoms with E-state index in [-0.39, 0.29) is 5.91 Å². The van der Waals surface area contributed by atoms with Gasteiger partial charge in [-0.3, -0.25) is 4.79 Å². The maximum atomic E-state index is 13.4. The van der Waals surface area contributed by atoms with Crippen LogP contribution in [-0.2, 0) is 5.75 Å². The second-order valence-electron chi connectivity index (χ2n) is 7.26. The number of carbonyl (C=O) groups excluding carboxylic acids is 1. The first-order chi connectivity index (χ1) is 14.8. The number of amides is 1. The van der Waals surface area contributed by atoms with Crippen molar-refractivity contribution in [3.63, 3.8) is 0 Å². The molecule has 0 N–H and O–H groups in total. The standard InChI is InChI=1S/C22H21N5O2S/c28-21(26-11-6-16(7-12-26)27-13-10-23-15-27)20-18(14-30-22-24-8-3-9-25-22)17-4-1-2-5-19(17)29-20/h1-5,8-10,13,15-16H,6-7,11-12,14H2. The summed E-state index contributed by atoms with van der Waals surface area (Å²) in [4.78, 5) is 28.0. The maximum Gasteiger partial charge on any atom is 0.289 e. The number of likely N-dealkylation sites (tertiary alicyclic amines) is 1. The molecule has 1 saturated heterocycles. The number of imidazole rings is 1. The van der Waals surface area contributed by atoms with E-state index in [9.17, 15) is 4.79 Å². The molecule has 1 amide bonds. The van der Waals surface area contributed by atoms with Crippen molar-refractivity contribution >= 4 is 28.6 Å². The van der Waals surface area contributed by atoms with Crippen LogP contribution >= 0.6 is 11.8 Å². The zero-order chi connectivity index (χ0) is 20.3. The number of para-hydroxylation sites is 1. The smallest absolute Gasteiger partial charge is 0.289 e. The van der Waals surface area contributed by atoms with E-state index >= 15 is 0 Å². The monoisotopic (exact) mass is 419 g/mol. The van der Waals surface area contributed by atoms with Gasteiger partial charge < -0.3 is 13.9 Å². The molecule has 0 atom stereocenters. The average Bonchev–Trinajstić information content (AvgIpc) is 3.46. The molecule has 0 unspecified atom stereocenters. The molecule has 5 rings (SSSR count). The Hall–Kier alpha value is -3.13. The van der Waals surface area contributed by atoms with E-state index in [0.717, 1.165) is 29.4 Å². The molecule has 3 aromatic heterocycles. The molecule has 1 aliphatic rings. The molecule has 0 saturated carbocycles. The highest BCUT2D eigenvalue weighted by atomic mass is 32.2. The summed E-state index contributed by atoms with van der Waals surface area (Å²) >= 11 is 1.51. The lowest BCUT2D eigenvalue weighted by molar-refractivity contribution is 0.0663. The summed E-state index contributed by atoms with van der Waals surface area (Å²) in [6, 6.07) is 9.98. The van der Waals surface area contributed by atoms with Crippen molar-refractivity contribution in [2.24, 2.45) is 0 Å². The molecule has 4 heterocycles. The van der Waals surface area contributed by atoms with Crippen LogP contribution in [0, 0.1) is 0 Å². The van der Waals surface area contributed by atoms with Crippen molar-refractivity contribution in [2.45, 2.75) is 29.8 Å². The minimum Gasteiger partial charge on any atom is -0.451 e. The van der Waals surface area contributed by atoms with Crippen LogP contribution in [0.4, 0.5) is 0 Å². The summed E-state index contributed by atoms with van der Waals surface area (Å²) in [6.45, 7) is 1.40. The molecular weight excluding hydrogens is 398 g/mol. The fraction of sp³-hybridized carbons (Fsp3) is 0.273. The normalized spacial score (nSPS) is 15.0. The fourth-order valence-corrected chi connectivity index (χ4v) is 4.74. The van der Waals surface area contributed by atoms with Crippen LogP contribution in [0.25, 0.3) is 11.0 Å². The van der Waals surface area contributed by atoms with Crippen molar-refractivity contribution in [2.75, 3.05) is 13.1 Å². The van der Waals surface area contributed by atoms with Gasteiger partial charge in [0.05, 0.1) is 6.33 Å². The van der Waals surface area contributed by atoms with E-state index in [1.165, 1.54) is 11.8 Å². The van der Waals surface area contributed by atoms with Crippen LogP contribution in [0.1, 0.15) is 35.0 Å². The molecule has 0 radical (unpaired) electrons. The Morgan fingerprint density at radius 1 is 1.10 bits per heavy atom. The minimum absolute atomic E-state index is 0.0418. The SMILES string of the molecule is O=C(c1oc2ccccc2c1CSc1ncccn1)N1CCC(n2ccnc2)CC1. The van der Waals surface area contributed by atoms with Crippen molar-refractivity contribution in [1.29, 1.82) is 0 Å². The first kappa shape index (κ1) is 18.9. The number of piperidine rings is 1. The average molecular weight is 420 g/mol. The third-order valence-corrected chi connectivity index (χ3v) is 6.38. The van der Waals surface area contributed by atoms with E-state index in [2.05, 4.69) is 19.5 Å². The van der Waals surface area contributed by atoms with Crippen LogP contribution in [0.5, 0.6) is 0 Å². The zero-order valence-electron chi connectivity index (χ0n) is 16.3. The van der Waals surface area contributed by atoms with Gasteiger partial charge in [-0.2, -0.15) is 0 Å². The number of nitrogens with zero attached hydrogens (tertiary/aromatic N) is 5. The summed E-state index contributed by atoms with van der Waals surface area (Å²) in [5, 5.41) is 1.65. The van der Waals surface area contributed by atoms with E-state index in [0.29, 0.717) is 35.8 Å². The van der Waals surface area contributed by atoms with Gasteiger partial charge in [-0.25, -0.2) is 15.0 Å². The van der Waals surface area contributed by atoms with E-state index in [1.807, 2.05) is 41.7 Å². The fourth-order valence-electron chi connectivity index (χ4n) is 3.91. The Labute approximate surface area is 178 Å². The second-order valence-corrected chi connectivity index (χ2v) is 8.20. The maximum absolute atomic E-state index is 13.4. The number of thioether (sulfide) groups is 1. The zero-order valence-corrected chi connectivity index (χ0v) is 17.2. The van der Waals surface area contributed by atoms with Crippen LogP contribution in [-0.4, -0.2) is 43.4 Å². The minimum atomic E-state index is -0.0418. The lowest BCUT2D eigenvalue weighted by Crippen LogP contribution is -2.39. The van der Waals surface area contributed by atoms with Gasteiger partial charge in [0, 0.05) is 60.6 Å². The summed E-state index contributed by atoms with van der Waals surface area (Å²) in [7, 11) is 0. The summed E-state index contributed by atoms with van der Waals surface area (Å²) in [5.74, 6) is 0.966. The van der Waals surface area contributed by atoms with Crippen LogP contribution in [0.2, 0.25) is 0 Å². The number of aromatic nitrogens is 4. The van der Waals surface area contributed by atoms with Gasteiger partial charge in [-0.15, -0.1) is 0 Å². The Morgan fingerprint density at radius 2 is 1.90 bits per heavy atom. The molecule has 8 heteroatoms. The van der Waals surface area contributed by atoms with E-state index < -0.39 is 0 Å². The number of fused-ring (bicyclic) bond motifs is 1. The number of hydrogen-bond donors (Lipinski definition) is 0. The second kappa shape index (κ2) is 8.31. The summed E-state index contributed by atoms with van der Waals surface area (Å²) in [6.07, 6.45) is 10.9. The molecule has 0 bridgehead atoms. The first-order valence-corrected chi connectivity index (χ1v) is 10.9. The van der Waals surface area contributed by atoms with Crippen LogP contribution < -0.4 is 0 Å². The van der Waals surface area contributed by atoms with E-state index in [4.69, 9.17) is 4.42 Å². The van der Waals surface area contributed by atoms with Crippen LogP contribution in [0.3, 0.4) is 0 Å². The number of carbonyl (C=O) groups is 1. The van der Waals surface area contributed by atoms with Crippen LogP contribution in [0.15, 0.2) is 71.0 Å². The topological polar surface area (TPSA) is 77.0 Å². The van der Waals surface area contributed by atoms with Gasteiger partial charge in [0.1, 0.15) is 5.58 Å². The van der Waals surface area contributed by atoms with Gasteiger partial charge in [0.2, 0.25) is 0 Å². The molecule has 0 spiro atoms. The Bertz CT molecular complexity index is 1140. The largest absolute Gasteiger partial charge is 0.451 e. The third-order valence-electron chi connectivity index (χ3n) is 5.48. The van der Waals surface area contributed by atoms with Gasteiger partial charge in [0.15, 0.2) is 10.9 Å². The molecule has 1 fully saturated rings. The lowest BCUT2D eigenvalue weighted by Gasteiger charge is -2.32. The highest BCUT2D eigenvalue weighted by Gasteiger charge is 2.29. The molecule has 1 aliphatic heterocycles. The highest BCUT2D eigenvalue weighted by Crippen LogP contribution is 2.33. The highest BCUT2D eigenvalue weighted by molar-refractivity contribution is 7.98.